The molecule has 0 unspecified atom stereocenters. The summed E-state index contributed by atoms with van der Waals surface area (Å²) in [6, 6.07) is 0. The van der Waals surface area contributed by atoms with Crippen LogP contribution in [0.1, 0.15) is 226 Å². The Morgan fingerprint density at radius 2 is 0.643 bits per heavy atom. The van der Waals surface area contributed by atoms with Crippen LogP contribution in [-0.2, 0) is 9.59 Å². The zero-order valence-electron chi connectivity index (χ0n) is 28.5. The Hall–Kier alpha value is 0.0400. The van der Waals surface area contributed by atoms with Crippen molar-refractivity contribution in [3.8, 4) is 0 Å². The number of rotatable bonds is 35. The molecule has 0 heterocycles. The zero-order valence-corrected chi connectivity index (χ0v) is 30.3. The van der Waals surface area contributed by atoms with Crippen LogP contribution in [0.3, 0.4) is 0 Å². The van der Waals surface area contributed by atoms with E-state index < -0.39 is 4.08 Å². The molecule has 0 saturated carbocycles. The molecule has 0 aromatic heterocycles. The lowest BCUT2D eigenvalue weighted by Gasteiger charge is -2.21. The van der Waals surface area contributed by atoms with Crippen molar-refractivity contribution in [3.63, 3.8) is 0 Å². The number of ketones is 2. The SMILES string of the molecule is CCCCCCCCCCCCCCCC(=O)CCCCCC(S)(S)C(=O)CCCCCCCCCCCCCCC. The molecule has 0 fully saturated rings. The monoisotopic (exact) mass is 627 g/mol. The van der Waals surface area contributed by atoms with E-state index in [4.69, 9.17) is 0 Å². The standard InChI is InChI=1S/C38H74O2S2/c1-3-5-7-9-11-13-15-17-19-21-23-25-28-32-36(39)33-29-27-31-35-38(41,42)37(40)34-30-26-24-22-20-18-16-14-12-10-8-6-4-2/h41-42H,3-35H2,1-2H3. The number of carbonyl (C=O) groups excluding carboxylic acids is 2. The molecule has 0 rings (SSSR count). The largest absolute Gasteiger partial charge is 0.300 e. The van der Waals surface area contributed by atoms with Gasteiger partial charge in [0.2, 0.25) is 0 Å². The van der Waals surface area contributed by atoms with Gasteiger partial charge in [0.05, 0.1) is 0 Å². The number of hydrogen-bond acceptors (Lipinski definition) is 4. The van der Waals surface area contributed by atoms with Crippen molar-refractivity contribution in [1.29, 1.82) is 0 Å². The summed E-state index contributed by atoms with van der Waals surface area (Å²) in [5.74, 6) is 0.593. The third kappa shape index (κ3) is 30.1. The van der Waals surface area contributed by atoms with Gasteiger partial charge < -0.3 is 0 Å². The average Bonchev–Trinajstić information content (AvgIpc) is 2.97. The molecular formula is C38H74O2S2. The smallest absolute Gasteiger partial charge is 0.158 e. The summed E-state index contributed by atoms with van der Waals surface area (Å²) in [5, 5.41) is 0. The number of thiol groups is 2. The van der Waals surface area contributed by atoms with Crippen LogP contribution in [0.15, 0.2) is 0 Å². The Balaban J connectivity index is 3.51. The molecule has 4 heteroatoms. The van der Waals surface area contributed by atoms with Crippen LogP contribution in [0.2, 0.25) is 0 Å². The lowest BCUT2D eigenvalue weighted by Crippen LogP contribution is -2.26. The lowest BCUT2D eigenvalue weighted by molar-refractivity contribution is -0.120. The third-order valence-corrected chi connectivity index (χ3v) is 9.94. The van der Waals surface area contributed by atoms with Gasteiger partial charge in [0, 0.05) is 19.3 Å². The van der Waals surface area contributed by atoms with Crippen molar-refractivity contribution in [1.82, 2.24) is 0 Å². The molecule has 250 valence electrons. The molecule has 0 spiro atoms. The van der Waals surface area contributed by atoms with Gasteiger partial charge in [0.25, 0.3) is 0 Å². The molecule has 0 aromatic rings. The fourth-order valence-corrected chi connectivity index (χ4v) is 6.52. The van der Waals surface area contributed by atoms with Gasteiger partial charge in [-0.15, -0.1) is 0 Å². The Labute approximate surface area is 275 Å². The van der Waals surface area contributed by atoms with E-state index in [2.05, 4.69) is 39.1 Å². The average molecular weight is 627 g/mol. The molecular weight excluding hydrogens is 553 g/mol. The zero-order chi connectivity index (χ0) is 31.0. The maximum absolute atomic E-state index is 12.6. The molecule has 0 aromatic carbocycles. The fraction of sp³-hybridized carbons (Fsp3) is 0.947. The molecule has 0 N–H and O–H groups in total. The van der Waals surface area contributed by atoms with Crippen molar-refractivity contribution in [3.05, 3.63) is 0 Å². The summed E-state index contributed by atoms with van der Waals surface area (Å²) in [4.78, 5) is 24.9. The quantitative estimate of drug-likeness (QED) is 0.0417. The molecule has 0 saturated heterocycles. The topological polar surface area (TPSA) is 34.1 Å². The number of unbranched alkanes of at least 4 members (excludes halogenated alkanes) is 26. The first-order valence-electron chi connectivity index (χ1n) is 18.9. The molecule has 42 heavy (non-hydrogen) atoms. The van der Waals surface area contributed by atoms with E-state index >= 15 is 0 Å². The summed E-state index contributed by atoms with van der Waals surface area (Å²) >= 11 is 9.21. The molecule has 0 atom stereocenters. The normalized spacial score (nSPS) is 11.8. The van der Waals surface area contributed by atoms with Crippen molar-refractivity contribution in [2.24, 2.45) is 0 Å². The molecule has 0 aliphatic carbocycles. The van der Waals surface area contributed by atoms with Crippen LogP contribution < -0.4 is 0 Å². The number of hydrogen-bond donors (Lipinski definition) is 2. The summed E-state index contributed by atoms with van der Waals surface area (Å²) < 4.78 is -0.810. The van der Waals surface area contributed by atoms with Crippen LogP contribution in [0.25, 0.3) is 0 Å². The highest BCUT2D eigenvalue weighted by atomic mass is 32.2. The van der Waals surface area contributed by atoms with E-state index in [1.807, 2.05) is 0 Å². The van der Waals surface area contributed by atoms with Crippen molar-refractivity contribution >= 4 is 36.8 Å². The minimum Gasteiger partial charge on any atom is -0.300 e. The molecule has 0 aliphatic rings. The predicted molar refractivity (Wildman–Crippen MR) is 194 cm³/mol. The Kier molecular flexibility index (Phi) is 32.5. The third-order valence-electron chi connectivity index (χ3n) is 8.99. The van der Waals surface area contributed by atoms with Crippen molar-refractivity contribution < 1.29 is 9.59 Å². The second-order valence-corrected chi connectivity index (χ2v) is 15.2. The van der Waals surface area contributed by atoms with E-state index in [0.717, 1.165) is 44.9 Å². The van der Waals surface area contributed by atoms with Gasteiger partial charge in [-0.05, 0) is 25.7 Å². The highest BCUT2D eigenvalue weighted by molar-refractivity contribution is 8.02. The second-order valence-electron chi connectivity index (χ2n) is 13.3. The summed E-state index contributed by atoms with van der Waals surface area (Å²) in [6.07, 6.45) is 40.1. The van der Waals surface area contributed by atoms with Gasteiger partial charge in [0.15, 0.2) is 5.78 Å². The van der Waals surface area contributed by atoms with Crippen LogP contribution >= 0.6 is 25.3 Å². The molecule has 0 amide bonds. The minimum absolute atomic E-state index is 0.177. The predicted octanol–water partition coefficient (Wildman–Crippen LogP) is 13.6. The Morgan fingerprint density at radius 1 is 0.381 bits per heavy atom. The van der Waals surface area contributed by atoms with Gasteiger partial charge >= 0.3 is 0 Å². The molecule has 0 bridgehead atoms. The van der Waals surface area contributed by atoms with Crippen LogP contribution in [0.5, 0.6) is 0 Å². The van der Waals surface area contributed by atoms with E-state index in [0.29, 0.717) is 25.0 Å². The van der Waals surface area contributed by atoms with E-state index in [-0.39, 0.29) is 5.78 Å². The van der Waals surface area contributed by atoms with Gasteiger partial charge in [-0.25, -0.2) is 0 Å². The van der Waals surface area contributed by atoms with E-state index in [1.54, 1.807) is 0 Å². The van der Waals surface area contributed by atoms with Gasteiger partial charge in [-0.3, -0.25) is 9.59 Å². The number of Topliss-reactive ketones (excluding diaryl/α,β-unsaturated/α-hetero) is 2. The van der Waals surface area contributed by atoms with Crippen LogP contribution in [-0.4, -0.2) is 15.6 Å². The highest BCUT2D eigenvalue weighted by Gasteiger charge is 2.28. The Morgan fingerprint density at radius 3 is 0.976 bits per heavy atom. The van der Waals surface area contributed by atoms with Crippen LogP contribution in [0, 0.1) is 0 Å². The first-order chi connectivity index (χ1) is 20.4. The summed E-state index contributed by atoms with van der Waals surface area (Å²) in [5.41, 5.74) is 0. The minimum atomic E-state index is -0.810. The molecule has 0 radical (unpaired) electrons. The van der Waals surface area contributed by atoms with Gasteiger partial charge in [-0.2, -0.15) is 25.3 Å². The second kappa shape index (κ2) is 32.4. The maximum Gasteiger partial charge on any atom is 0.158 e. The van der Waals surface area contributed by atoms with Crippen molar-refractivity contribution in [2.75, 3.05) is 0 Å². The summed E-state index contributed by atoms with van der Waals surface area (Å²) in [6.45, 7) is 4.55. The lowest BCUT2D eigenvalue weighted by atomic mass is 10.0. The highest BCUT2D eigenvalue weighted by Crippen LogP contribution is 2.30. The van der Waals surface area contributed by atoms with Gasteiger partial charge in [0.1, 0.15) is 9.86 Å². The Bertz CT molecular complexity index is 590. The molecule has 2 nitrogen and oxygen atoms in total. The fourth-order valence-electron chi connectivity index (χ4n) is 5.98. The molecule has 0 aliphatic heterocycles. The van der Waals surface area contributed by atoms with E-state index in [9.17, 15) is 9.59 Å². The van der Waals surface area contributed by atoms with E-state index in [1.165, 1.54) is 148 Å². The maximum atomic E-state index is 12.6. The van der Waals surface area contributed by atoms with Crippen molar-refractivity contribution in [2.45, 2.75) is 230 Å². The first kappa shape index (κ1) is 42.0. The van der Waals surface area contributed by atoms with Crippen LogP contribution in [0.4, 0.5) is 0 Å². The first-order valence-corrected chi connectivity index (χ1v) is 19.8. The number of carbonyl (C=O) groups is 2. The summed E-state index contributed by atoms with van der Waals surface area (Å²) in [7, 11) is 0. The van der Waals surface area contributed by atoms with Gasteiger partial charge in [-0.1, -0.05) is 181 Å².